The van der Waals surface area contributed by atoms with Crippen LogP contribution in [0.2, 0.25) is 0 Å². The summed E-state index contributed by atoms with van der Waals surface area (Å²) in [6.07, 6.45) is 0.926. The van der Waals surface area contributed by atoms with Crippen molar-refractivity contribution in [3.8, 4) is 0 Å². The molecule has 1 unspecified atom stereocenters. The second kappa shape index (κ2) is 5.90. The van der Waals surface area contributed by atoms with Crippen molar-refractivity contribution in [1.82, 2.24) is 4.90 Å². The van der Waals surface area contributed by atoms with Crippen molar-refractivity contribution in [2.45, 2.75) is 26.2 Å². The van der Waals surface area contributed by atoms with Crippen molar-refractivity contribution in [3.05, 3.63) is 47.0 Å². The summed E-state index contributed by atoms with van der Waals surface area (Å²) in [6, 6.07) is 10.1. The first-order valence-electron chi connectivity index (χ1n) is 6.75. The molecule has 0 saturated carbocycles. The minimum atomic E-state index is -1.03. The van der Waals surface area contributed by atoms with Crippen molar-refractivity contribution in [2.24, 2.45) is 0 Å². The van der Waals surface area contributed by atoms with E-state index in [0.29, 0.717) is 24.6 Å². The molecule has 4 nitrogen and oxygen atoms in total. The van der Waals surface area contributed by atoms with Gasteiger partial charge in [-0.15, -0.1) is 0 Å². The van der Waals surface area contributed by atoms with Crippen molar-refractivity contribution >= 4 is 11.9 Å². The molecule has 1 N–H and O–H groups in total. The molecule has 0 spiro atoms. The molecule has 0 radical (unpaired) electrons. The fraction of sp³-hybridized carbons (Fsp3) is 0.375. The molecule has 1 aliphatic heterocycles. The molecule has 1 atom stereocenters. The number of benzene rings is 1. The quantitative estimate of drug-likeness (QED) is 0.860. The highest BCUT2D eigenvalue weighted by Crippen LogP contribution is 2.28. The summed E-state index contributed by atoms with van der Waals surface area (Å²) in [5.74, 6) is -0.851. The molecule has 1 aromatic carbocycles. The molecule has 0 aromatic heterocycles. The molecular formula is C16H19NO3. The van der Waals surface area contributed by atoms with E-state index in [0.717, 1.165) is 6.42 Å². The number of carboxylic acids is 1. The minimum Gasteiger partial charge on any atom is -0.478 e. The lowest BCUT2D eigenvalue weighted by Crippen LogP contribution is -2.30. The van der Waals surface area contributed by atoms with E-state index >= 15 is 0 Å². The third-order valence-corrected chi connectivity index (χ3v) is 3.95. The highest BCUT2D eigenvalue weighted by atomic mass is 16.4. The Morgan fingerprint density at radius 3 is 2.40 bits per heavy atom. The van der Waals surface area contributed by atoms with Crippen LogP contribution >= 0.6 is 0 Å². The summed E-state index contributed by atoms with van der Waals surface area (Å²) in [6.45, 7) is 4.40. The average molecular weight is 273 g/mol. The summed E-state index contributed by atoms with van der Waals surface area (Å²) in [5.41, 5.74) is 1.68. The fourth-order valence-electron chi connectivity index (χ4n) is 2.50. The van der Waals surface area contributed by atoms with Crippen LogP contribution in [-0.2, 0) is 9.59 Å². The molecule has 1 amide bonds. The Balaban J connectivity index is 2.08. The first-order valence-corrected chi connectivity index (χ1v) is 6.75. The van der Waals surface area contributed by atoms with Crippen molar-refractivity contribution < 1.29 is 14.7 Å². The first-order chi connectivity index (χ1) is 9.50. The molecule has 4 heteroatoms. The van der Waals surface area contributed by atoms with Gasteiger partial charge in [0.05, 0.1) is 0 Å². The highest BCUT2D eigenvalue weighted by molar-refractivity contribution is 6.01. The molecule has 0 bridgehead atoms. The number of carbonyl (C=O) groups is 2. The maximum Gasteiger partial charge on any atom is 0.331 e. The summed E-state index contributed by atoms with van der Waals surface area (Å²) >= 11 is 0. The minimum absolute atomic E-state index is 0.123. The zero-order valence-electron chi connectivity index (χ0n) is 11.8. The van der Waals surface area contributed by atoms with Crippen LogP contribution in [0.1, 0.15) is 31.7 Å². The van der Waals surface area contributed by atoms with Crippen molar-refractivity contribution in [2.75, 3.05) is 13.1 Å². The standard InChI is InChI=1S/C16H19NO3/c1-11(12(2)16(19)20)15(18)17-9-8-14(10-17)13-6-4-3-5-7-13/h3-7,14H,8-10H2,1-2H3,(H,19,20). The van der Waals surface area contributed by atoms with E-state index in [4.69, 9.17) is 5.11 Å². The monoisotopic (exact) mass is 273 g/mol. The van der Waals surface area contributed by atoms with Crippen LogP contribution in [-0.4, -0.2) is 35.0 Å². The Bertz CT molecular complexity index is 548. The zero-order chi connectivity index (χ0) is 14.7. The molecule has 1 aliphatic rings. The van der Waals surface area contributed by atoms with Gasteiger partial charge >= 0.3 is 5.97 Å². The number of hydrogen-bond donors (Lipinski definition) is 1. The maximum absolute atomic E-state index is 12.3. The van der Waals surface area contributed by atoms with Gasteiger partial charge in [0.15, 0.2) is 0 Å². The van der Waals surface area contributed by atoms with E-state index < -0.39 is 5.97 Å². The van der Waals surface area contributed by atoms with Gasteiger partial charge in [0.25, 0.3) is 0 Å². The van der Waals surface area contributed by atoms with Crippen LogP contribution in [0.3, 0.4) is 0 Å². The van der Waals surface area contributed by atoms with Gasteiger partial charge in [-0.05, 0) is 25.8 Å². The summed E-state index contributed by atoms with van der Waals surface area (Å²) in [5, 5.41) is 8.95. The van der Waals surface area contributed by atoms with Crippen LogP contribution in [0.5, 0.6) is 0 Å². The molecular weight excluding hydrogens is 254 g/mol. The predicted octanol–water partition coefficient (Wildman–Crippen LogP) is 2.42. The van der Waals surface area contributed by atoms with Crippen LogP contribution in [0.4, 0.5) is 0 Å². The molecule has 106 valence electrons. The predicted molar refractivity (Wildman–Crippen MR) is 76.4 cm³/mol. The number of amides is 1. The van der Waals surface area contributed by atoms with Gasteiger partial charge in [-0.25, -0.2) is 4.79 Å². The largest absolute Gasteiger partial charge is 0.478 e. The van der Waals surface area contributed by atoms with E-state index in [9.17, 15) is 9.59 Å². The van der Waals surface area contributed by atoms with Crippen molar-refractivity contribution in [3.63, 3.8) is 0 Å². The van der Waals surface area contributed by atoms with Crippen LogP contribution in [0.25, 0.3) is 0 Å². The molecule has 0 aliphatic carbocycles. The topological polar surface area (TPSA) is 57.6 Å². The second-order valence-electron chi connectivity index (χ2n) is 5.20. The van der Waals surface area contributed by atoms with Crippen LogP contribution in [0.15, 0.2) is 41.5 Å². The lowest BCUT2D eigenvalue weighted by molar-refractivity contribution is -0.133. The Labute approximate surface area is 118 Å². The number of hydrogen-bond acceptors (Lipinski definition) is 2. The Morgan fingerprint density at radius 2 is 1.80 bits per heavy atom. The number of aliphatic carboxylic acids is 1. The Hall–Kier alpha value is -2.10. The highest BCUT2D eigenvalue weighted by Gasteiger charge is 2.28. The van der Waals surface area contributed by atoms with Crippen molar-refractivity contribution in [1.29, 1.82) is 0 Å². The van der Waals surface area contributed by atoms with E-state index in [1.807, 2.05) is 18.2 Å². The third-order valence-electron chi connectivity index (χ3n) is 3.95. The number of rotatable bonds is 3. The van der Waals surface area contributed by atoms with E-state index in [1.165, 1.54) is 12.5 Å². The van der Waals surface area contributed by atoms with Gasteiger partial charge in [0.1, 0.15) is 0 Å². The lowest BCUT2D eigenvalue weighted by Gasteiger charge is -2.17. The van der Waals surface area contributed by atoms with Gasteiger partial charge < -0.3 is 10.0 Å². The number of carboxylic acid groups (broad SMARTS) is 1. The fourth-order valence-corrected chi connectivity index (χ4v) is 2.50. The van der Waals surface area contributed by atoms with Gasteiger partial charge in [0, 0.05) is 30.2 Å². The Kier molecular flexibility index (Phi) is 4.23. The van der Waals surface area contributed by atoms with Crippen LogP contribution < -0.4 is 0 Å². The van der Waals surface area contributed by atoms with E-state index in [-0.39, 0.29) is 11.5 Å². The normalized spacial score (nSPS) is 19.7. The smallest absolute Gasteiger partial charge is 0.331 e. The third kappa shape index (κ3) is 2.90. The van der Waals surface area contributed by atoms with E-state index in [1.54, 1.807) is 11.8 Å². The van der Waals surface area contributed by atoms with Crippen LogP contribution in [0, 0.1) is 0 Å². The molecule has 1 aromatic rings. The molecule has 1 heterocycles. The molecule has 1 fully saturated rings. The van der Waals surface area contributed by atoms with E-state index in [2.05, 4.69) is 12.1 Å². The molecule has 2 rings (SSSR count). The van der Waals surface area contributed by atoms with Gasteiger partial charge in [-0.1, -0.05) is 30.3 Å². The Morgan fingerprint density at radius 1 is 1.15 bits per heavy atom. The van der Waals surface area contributed by atoms with Gasteiger partial charge in [0.2, 0.25) is 5.91 Å². The molecule has 20 heavy (non-hydrogen) atoms. The zero-order valence-corrected chi connectivity index (χ0v) is 11.8. The number of nitrogens with zero attached hydrogens (tertiary/aromatic N) is 1. The lowest BCUT2D eigenvalue weighted by atomic mass is 9.99. The first kappa shape index (κ1) is 14.3. The number of carbonyl (C=O) groups excluding carboxylic acids is 1. The van der Waals surface area contributed by atoms with Gasteiger partial charge in [-0.3, -0.25) is 4.79 Å². The summed E-state index contributed by atoms with van der Waals surface area (Å²) < 4.78 is 0. The second-order valence-corrected chi connectivity index (χ2v) is 5.20. The van der Waals surface area contributed by atoms with Gasteiger partial charge in [-0.2, -0.15) is 0 Å². The number of likely N-dealkylation sites (tertiary alicyclic amines) is 1. The summed E-state index contributed by atoms with van der Waals surface area (Å²) in [7, 11) is 0. The molecule has 1 saturated heterocycles. The average Bonchev–Trinajstić information content (AvgIpc) is 2.95. The SMILES string of the molecule is CC(C(=O)O)=C(C)C(=O)N1CCC(c2ccccc2)C1. The summed E-state index contributed by atoms with van der Waals surface area (Å²) in [4.78, 5) is 24.9. The maximum atomic E-state index is 12.3.